The normalized spacial score (nSPS) is 12.5. The van der Waals surface area contributed by atoms with Crippen LogP contribution >= 0.6 is 11.8 Å². The van der Waals surface area contributed by atoms with Crippen molar-refractivity contribution in [2.45, 2.75) is 45.1 Å². The first-order valence-corrected chi connectivity index (χ1v) is 7.46. The highest BCUT2D eigenvalue weighted by molar-refractivity contribution is 7.99. The molecule has 1 unspecified atom stereocenters. The maximum absolute atomic E-state index is 11.7. The van der Waals surface area contributed by atoms with Gasteiger partial charge in [-0.15, -0.1) is 11.8 Å². The topological polar surface area (TPSA) is 29.1 Å². The van der Waals surface area contributed by atoms with Crippen LogP contribution in [-0.2, 0) is 4.79 Å². The third kappa shape index (κ3) is 5.58. The van der Waals surface area contributed by atoms with Crippen molar-refractivity contribution < 1.29 is 4.79 Å². The van der Waals surface area contributed by atoms with Gasteiger partial charge in [0, 0.05) is 23.1 Å². The molecule has 0 aliphatic heterocycles. The molecule has 1 aromatic rings. The van der Waals surface area contributed by atoms with Gasteiger partial charge in [-0.1, -0.05) is 31.5 Å². The lowest BCUT2D eigenvalue weighted by molar-refractivity contribution is -0.121. The Kier molecular flexibility index (Phi) is 6.27. The van der Waals surface area contributed by atoms with Crippen LogP contribution in [0.25, 0.3) is 0 Å². The molecule has 0 bridgehead atoms. The summed E-state index contributed by atoms with van der Waals surface area (Å²) in [4.78, 5) is 12.9. The molecule has 0 aliphatic rings. The van der Waals surface area contributed by atoms with Crippen LogP contribution in [0.2, 0.25) is 0 Å². The zero-order valence-electron chi connectivity index (χ0n) is 11.7. The number of benzene rings is 1. The van der Waals surface area contributed by atoms with E-state index in [1.807, 2.05) is 0 Å². The van der Waals surface area contributed by atoms with Gasteiger partial charge in [0.2, 0.25) is 5.91 Å². The largest absolute Gasteiger partial charge is 0.353 e. The number of carbonyl (C=O) groups is 1. The number of thioether (sulfide) groups is 1. The Labute approximate surface area is 115 Å². The van der Waals surface area contributed by atoms with E-state index in [1.54, 1.807) is 11.8 Å². The van der Waals surface area contributed by atoms with E-state index in [2.05, 4.69) is 57.3 Å². The summed E-state index contributed by atoms with van der Waals surface area (Å²) in [5, 5.41) is 3.02. The summed E-state index contributed by atoms with van der Waals surface area (Å²) in [6.45, 7) is 8.36. The van der Waals surface area contributed by atoms with Crippen LogP contribution in [0.5, 0.6) is 0 Å². The third-order valence-corrected chi connectivity index (χ3v) is 4.02. The van der Waals surface area contributed by atoms with Crippen LogP contribution in [0.3, 0.4) is 0 Å². The molecule has 2 nitrogen and oxygen atoms in total. The van der Waals surface area contributed by atoms with Crippen LogP contribution in [-0.4, -0.2) is 17.7 Å². The van der Waals surface area contributed by atoms with Gasteiger partial charge in [-0.05, 0) is 31.9 Å². The summed E-state index contributed by atoms with van der Waals surface area (Å²) in [7, 11) is 0. The average Bonchev–Trinajstić information content (AvgIpc) is 2.31. The number of amides is 1. The van der Waals surface area contributed by atoms with Crippen molar-refractivity contribution in [3.63, 3.8) is 0 Å². The third-order valence-electron chi connectivity index (χ3n) is 3.01. The standard InChI is InChI=1S/C15H23NOS/c1-11(2)13(4)16-15(17)9-10-18-14-7-5-12(3)6-8-14/h5-8,11,13H,9-10H2,1-4H3,(H,16,17). The molecular weight excluding hydrogens is 242 g/mol. The van der Waals surface area contributed by atoms with Gasteiger partial charge < -0.3 is 5.32 Å². The van der Waals surface area contributed by atoms with Gasteiger partial charge >= 0.3 is 0 Å². The fourth-order valence-corrected chi connectivity index (χ4v) is 2.24. The molecule has 0 saturated heterocycles. The van der Waals surface area contributed by atoms with E-state index in [9.17, 15) is 4.79 Å². The molecule has 1 aromatic carbocycles. The summed E-state index contributed by atoms with van der Waals surface area (Å²) in [6.07, 6.45) is 0.579. The Hall–Kier alpha value is -0.960. The Morgan fingerprint density at radius 2 is 1.83 bits per heavy atom. The number of nitrogens with one attached hydrogen (secondary N) is 1. The minimum Gasteiger partial charge on any atom is -0.353 e. The van der Waals surface area contributed by atoms with Gasteiger partial charge in [-0.3, -0.25) is 4.79 Å². The zero-order valence-corrected chi connectivity index (χ0v) is 12.5. The van der Waals surface area contributed by atoms with Crippen molar-refractivity contribution in [2.24, 2.45) is 5.92 Å². The minimum absolute atomic E-state index is 0.149. The Morgan fingerprint density at radius 1 is 1.22 bits per heavy atom. The van der Waals surface area contributed by atoms with Crippen LogP contribution in [0, 0.1) is 12.8 Å². The number of rotatable bonds is 6. The molecule has 0 aliphatic carbocycles. The van der Waals surface area contributed by atoms with Crippen molar-refractivity contribution in [2.75, 3.05) is 5.75 Å². The lowest BCUT2D eigenvalue weighted by Crippen LogP contribution is -2.36. The van der Waals surface area contributed by atoms with Crippen molar-refractivity contribution in [1.29, 1.82) is 0 Å². The van der Waals surface area contributed by atoms with Gasteiger partial charge in [-0.2, -0.15) is 0 Å². The Morgan fingerprint density at radius 3 is 2.39 bits per heavy atom. The van der Waals surface area contributed by atoms with E-state index in [0.717, 1.165) is 5.75 Å². The molecule has 1 atom stereocenters. The second kappa shape index (κ2) is 7.47. The van der Waals surface area contributed by atoms with Gasteiger partial charge in [0.05, 0.1) is 0 Å². The highest BCUT2D eigenvalue weighted by Gasteiger charge is 2.10. The van der Waals surface area contributed by atoms with E-state index in [0.29, 0.717) is 12.3 Å². The fourth-order valence-electron chi connectivity index (χ4n) is 1.39. The first-order chi connectivity index (χ1) is 8.49. The molecule has 3 heteroatoms. The molecule has 0 radical (unpaired) electrons. The first-order valence-electron chi connectivity index (χ1n) is 6.48. The van der Waals surface area contributed by atoms with E-state index in [1.165, 1.54) is 10.5 Å². The second-order valence-electron chi connectivity index (χ2n) is 5.01. The van der Waals surface area contributed by atoms with E-state index >= 15 is 0 Å². The van der Waals surface area contributed by atoms with Gasteiger partial charge in [0.25, 0.3) is 0 Å². The molecule has 1 N–H and O–H groups in total. The molecule has 0 fully saturated rings. The maximum atomic E-state index is 11.7. The highest BCUT2D eigenvalue weighted by atomic mass is 32.2. The van der Waals surface area contributed by atoms with Gasteiger partial charge in [-0.25, -0.2) is 0 Å². The Balaban J connectivity index is 2.25. The van der Waals surface area contributed by atoms with E-state index < -0.39 is 0 Å². The van der Waals surface area contributed by atoms with Crippen molar-refractivity contribution in [3.8, 4) is 0 Å². The minimum atomic E-state index is 0.149. The quantitative estimate of drug-likeness (QED) is 0.796. The summed E-state index contributed by atoms with van der Waals surface area (Å²) in [5.41, 5.74) is 1.27. The summed E-state index contributed by atoms with van der Waals surface area (Å²) in [5.74, 6) is 1.47. The molecule has 0 saturated carbocycles. The lowest BCUT2D eigenvalue weighted by atomic mass is 10.1. The highest BCUT2D eigenvalue weighted by Crippen LogP contribution is 2.18. The lowest BCUT2D eigenvalue weighted by Gasteiger charge is -2.17. The molecule has 18 heavy (non-hydrogen) atoms. The van der Waals surface area contributed by atoms with Crippen molar-refractivity contribution in [3.05, 3.63) is 29.8 Å². The Bertz CT molecular complexity index is 373. The molecule has 0 heterocycles. The van der Waals surface area contributed by atoms with Crippen molar-refractivity contribution in [1.82, 2.24) is 5.32 Å². The smallest absolute Gasteiger partial charge is 0.221 e. The second-order valence-corrected chi connectivity index (χ2v) is 6.18. The van der Waals surface area contributed by atoms with Crippen LogP contribution in [0.4, 0.5) is 0 Å². The van der Waals surface area contributed by atoms with Crippen LogP contribution in [0.15, 0.2) is 29.2 Å². The fraction of sp³-hybridized carbons (Fsp3) is 0.533. The number of hydrogen-bond donors (Lipinski definition) is 1. The summed E-state index contributed by atoms with van der Waals surface area (Å²) in [6, 6.07) is 8.66. The van der Waals surface area contributed by atoms with E-state index in [-0.39, 0.29) is 11.9 Å². The molecule has 0 aromatic heterocycles. The first kappa shape index (κ1) is 15.1. The molecular formula is C15H23NOS. The predicted molar refractivity (Wildman–Crippen MR) is 79.0 cm³/mol. The van der Waals surface area contributed by atoms with Gasteiger partial charge in [0.1, 0.15) is 0 Å². The molecule has 0 spiro atoms. The average molecular weight is 265 g/mol. The SMILES string of the molecule is Cc1ccc(SCCC(=O)NC(C)C(C)C)cc1. The monoisotopic (exact) mass is 265 g/mol. The van der Waals surface area contributed by atoms with E-state index in [4.69, 9.17) is 0 Å². The molecule has 1 amide bonds. The zero-order chi connectivity index (χ0) is 13.5. The number of aryl methyl sites for hydroxylation is 1. The maximum Gasteiger partial charge on any atom is 0.221 e. The predicted octanol–water partition coefficient (Wildman–Crippen LogP) is 3.64. The van der Waals surface area contributed by atoms with Crippen LogP contribution < -0.4 is 5.32 Å². The number of carbonyl (C=O) groups excluding carboxylic acids is 1. The van der Waals surface area contributed by atoms with Crippen molar-refractivity contribution >= 4 is 17.7 Å². The molecule has 1 rings (SSSR count). The van der Waals surface area contributed by atoms with Crippen LogP contribution in [0.1, 0.15) is 32.8 Å². The number of hydrogen-bond acceptors (Lipinski definition) is 2. The summed E-state index contributed by atoms with van der Waals surface area (Å²) < 4.78 is 0. The van der Waals surface area contributed by atoms with Gasteiger partial charge in [0.15, 0.2) is 0 Å². The molecule has 100 valence electrons. The summed E-state index contributed by atoms with van der Waals surface area (Å²) >= 11 is 1.73.